The first-order valence-electron chi connectivity index (χ1n) is 7.15. The molecule has 128 valence electrons. The largest absolute Gasteiger partial charge is 0.506 e. The molecule has 0 fully saturated rings. The monoisotopic (exact) mass is 560 g/mol. The lowest BCUT2D eigenvalue weighted by Crippen LogP contribution is -2.23. The molecule has 0 spiro atoms. The Bertz CT molecular complexity index is 856. The molecule has 0 aromatic heterocycles. The Morgan fingerprint density at radius 3 is 2.60 bits per heavy atom. The summed E-state index contributed by atoms with van der Waals surface area (Å²) >= 11 is 4.12. The molecule has 0 aliphatic rings. The highest BCUT2D eigenvalue weighted by Gasteiger charge is 2.12. The van der Waals surface area contributed by atoms with Gasteiger partial charge in [0.15, 0.2) is 0 Å². The van der Waals surface area contributed by atoms with E-state index in [2.05, 4.69) is 27.9 Å². The van der Waals surface area contributed by atoms with Gasteiger partial charge in [0.2, 0.25) is 0 Å². The standard InChI is InChI=1S/C18H14I2N2O3/c1-25-15-4-2-11(3-5-15)10-22-18(24)13(9-21)6-12-7-14(19)8-16(20)17(12)23/h2-8,23H,10H2,1H3,(H,22,24)/b13-6-. The summed E-state index contributed by atoms with van der Waals surface area (Å²) in [6.07, 6.45) is 1.39. The van der Waals surface area contributed by atoms with Gasteiger partial charge in [-0.3, -0.25) is 4.79 Å². The van der Waals surface area contributed by atoms with Crippen molar-refractivity contribution in [3.8, 4) is 17.6 Å². The Hall–Kier alpha value is -1.80. The van der Waals surface area contributed by atoms with E-state index < -0.39 is 5.91 Å². The Morgan fingerprint density at radius 1 is 1.32 bits per heavy atom. The Kier molecular flexibility index (Phi) is 7.07. The number of carbonyl (C=O) groups is 1. The molecule has 5 nitrogen and oxygen atoms in total. The van der Waals surface area contributed by atoms with Crippen molar-refractivity contribution in [2.24, 2.45) is 0 Å². The van der Waals surface area contributed by atoms with Crippen LogP contribution in [0.3, 0.4) is 0 Å². The molecule has 0 unspecified atom stereocenters. The number of halogens is 2. The van der Waals surface area contributed by atoms with E-state index in [0.717, 1.165) is 14.9 Å². The number of benzene rings is 2. The van der Waals surface area contributed by atoms with Crippen LogP contribution in [0, 0.1) is 18.5 Å². The molecule has 0 atom stereocenters. The zero-order valence-corrected chi connectivity index (χ0v) is 17.5. The molecule has 0 radical (unpaired) electrons. The number of nitrogens with one attached hydrogen (secondary N) is 1. The van der Waals surface area contributed by atoms with E-state index in [0.29, 0.717) is 9.13 Å². The normalized spacial score (nSPS) is 10.9. The first-order valence-corrected chi connectivity index (χ1v) is 9.31. The Balaban J connectivity index is 2.14. The number of carbonyl (C=O) groups excluding carboxylic acids is 1. The van der Waals surface area contributed by atoms with Crippen LogP contribution in [0.15, 0.2) is 42.0 Å². The Morgan fingerprint density at radius 2 is 2.00 bits per heavy atom. The van der Waals surface area contributed by atoms with Gasteiger partial charge in [-0.2, -0.15) is 5.26 Å². The molecular weight excluding hydrogens is 546 g/mol. The van der Waals surface area contributed by atoms with Crippen LogP contribution in [0.4, 0.5) is 0 Å². The number of nitrogens with zero attached hydrogens (tertiary/aromatic N) is 1. The number of nitriles is 1. The molecular formula is C18H14I2N2O3. The molecule has 1 amide bonds. The summed E-state index contributed by atoms with van der Waals surface area (Å²) < 4.78 is 6.65. The second kappa shape index (κ2) is 9.05. The van der Waals surface area contributed by atoms with Gasteiger partial charge in [-0.05, 0) is 81.1 Å². The fraction of sp³-hybridized carbons (Fsp3) is 0.111. The van der Waals surface area contributed by atoms with Crippen molar-refractivity contribution in [3.63, 3.8) is 0 Å². The molecule has 0 aliphatic carbocycles. The number of amides is 1. The summed E-state index contributed by atoms with van der Waals surface area (Å²) in [6, 6.07) is 12.7. The number of phenolic OH excluding ortho intramolecular Hbond substituents is 1. The lowest BCUT2D eigenvalue weighted by molar-refractivity contribution is -0.117. The highest BCUT2D eigenvalue weighted by atomic mass is 127. The van der Waals surface area contributed by atoms with Gasteiger partial charge in [0.25, 0.3) is 5.91 Å². The van der Waals surface area contributed by atoms with Crippen LogP contribution >= 0.6 is 45.2 Å². The molecule has 2 rings (SSSR count). The van der Waals surface area contributed by atoms with Gasteiger partial charge >= 0.3 is 0 Å². The van der Waals surface area contributed by atoms with Crippen molar-refractivity contribution in [1.29, 1.82) is 5.26 Å². The maximum atomic E-state index is 12.2. The van der Waals surface area contributed by atoms with Gasteiger partial charge in [0.05, 0.1) is 10.7 Å². The molecule has 0 aliphatic heterocycles. The van der Waals surface area contributed by atoms with E-state index >= 15 is 0 Å². The highest BCUT2D eigenvalue weighted by molar-refractivity contribution is 14.1. The van der Waals surface area contributed by atoms with Gasteiger partial charge in [0, 0.05) is 15.7 Å². The fourth-order valence-corrected chi connectivity index (χ4v) is 3.91. The SMILES string of the molecule is COc1ccc(CNC(=O)/C(C#N)=C\c2cc(I)cc(I)c2O)cc1. The van der Waals surface area contributed by atoms with Crippen LogP contribution in [0.2, 0.25) is 0 Å². The summed E-state index contributed by atoms with van der Waals surface area (Å²) in [6.45, 7) is 0.289. The minimum absolute atomic E-state index is 0.0525. The number of rotatable bonds is 5. The zero-order valence-electron chi connectivity index (χ0n) is 13.2. The third-order valence-electron chi connectivity index (χ3n) is 3.33. The van der Waals surface area contributed by atoms with Crippen molar-refractivity contribution in [2.45, 2.75) is 6.54 Å². The molecule has 2 N–H and O–H groups in total. The highest BCUT2D eigenvalue weighted by Crippen LogP contribution is 2.28. The van der Waals surface area contributed by atoms with E-state index in [1.165, 1.54) is 6.08 Å². The van der Waals surface area contributed by atoms with Crippen LogP contribution in [0.25, 0.3) is 6.08 Å². The minimum Gasteiger partial charge on any atom is -0.506 e. The number of aromatic hydroxyl groups is 1. The topological polar surface area (TPSA) is 82.3 Å². The lowest BCUT2D eigenvalue weighted by atomic mass is 10.1. The molecule has 25 heavy (non-hydrogen) atoms. The fourth-order valence-electron chi connectivity index (χ4n) is 2.02. The molecule has 7 heteroatoms. The molecule has 0 saturated carbocycles. The van der Waals surface area contributed by atoms with Crippen molar-refractivity contribution >= 4 is 57.2 Å². The van der Waals surface area contributed by atoms with Crippen LogP contribution in [-0.2, 0) is 11.3 Å². The lowest BCUT2D eigenvalue weighted by Gasteiger charge is -2.07. The minimum atomic E-state index is -0.494. The number of ether oxygens (including phenoxy) is 1. The van der Waals surface area contributed by atoms with E-state index in [-0.39, 0.29) is 17.9 Å². The second-order valence-electron chi connectivity index (χ2n) is 5.03. The zero-order chi connectivity index (χ0) is 18.4. The predicted molar refractivity (Wildman–Crippen MR) is 112 cm³/mol. The summed E-state index contributed by atoms with van der Waals surface area (Å²) in [5.41, 5.74) is 1.26. The quantitative estimate of drug-likeness (QED) is 0.331. The van der Waals surface area contributed by atoms with Gasteiger partial charge in [0.1, 0.15) is 23.1 Å². The maximum absolute atomic E-state index is 12.2. The molecule has 0 bridgehead atoms. The summed E-state index contributed by atoms with van der Waals surface area (Å²) in [5, 5.41) is 22.1. The Labute approximate surface area is 173 Å². The van der Waals surface area contributed by atoms with Gasteiger partial charge in [-0.25, -0.2) is 0 Å². The van der Waals surface area contributed by atoms with Crippen LogP contribution in [-0.4, -0.2) is 18.1 Å². The van der Waals surface area contributed by atoms with Crippen molar-refractivity contribution in [1.82, 2.24) is 5.32 Å². The average Bonchev–Trinajstić information content (AvgIpc) is 2.61. The van der Waals surface area contributed by atoms with Crippen molar-refractivity contribution in [3.05, 3.63) is 60.2 Å². The van der Waals surface area contributed by atoms with Crippen LogP contribution in [0.1, 0.15) is 11.1 Å². The van der Waals surface area contributed by atoms with Gasteiger partial charge < -0.3 is 15.2 Å². The number of phenols is 1. The number of hydrogen-bond donors (Lipinski definition) is 2. The third kappa shape index (κ3) is 5.34. The van der Waals surface area contributed by atoms with Crippen LogP contribution < -0.4 is 10.1 Å². The molecule has 0 heterocycles. The first kappa shape index (κ1) is 19.5. The maximum Gasteiger partial charge on any atom is 0.262 e. The number of methoxy groups -OCH3 is 1. The predicted octanol–water partition coefficient (Wildman–Crippen LogP) is 3.83. The summed E-state index contributed by atoms with van der Waals surface area (Å²) in [7, 11) is 1.59. The van der Waals surface area contributed by atoms with Crippen LogP contribution in [0.5, 0.6) is 11.5 Å². The first-order chi connectivity index (χ1) is 11.9. The van der Waals surface area contributed by atoms with E-state index in [1.807, 2.05) is 46.9 Å². The molecule has 0 saturated heterocycles. The second-order valence-corrected chi connectivity index (χ2v) is 7.43. The number of hydrogen-bond acceptors (Lipinski definition) is 4. The average molecular weight is 560 g/mol. The summed E-state index contributed by atoms with van der Waals surface area (Å²) in [5.74, 6) is 0.291. The smallest absolute Gasteiger partial charge is 0.262 e. The van der Waals surface area contributed by atoms with E-state index in [9.17, 15) is 15.2 Å². The van der Waals surface area contributed by atoms with Crippen molar-refractivity contribution in [2.75, 3.05) is 7.11 Å². The van der Waals surface area contributed by atoms with Crippen molar-refractivity contribution < 1.29 is 14.6 Å². The molecule has 2 aromatic rings. The summed E-state index contributed by atoms with van der Waals surface area (Å²) in [4.78, 5) is 12.2. The third-order valence-corrected chi connectivity index (χ3v) is 4.78. The van der Waals surface area contributed by atoms with E-state index in [1.54, 1.807) is 25.3 Å². The van der Waals surface area contributed by atoms with E-state index in [4.69, 9.17) is 4.74 Å². The van der Waals surface area contributed by atoms with Gasteiger partial charge in [-0.1, -0.05) is 12.1 Å². The van der Waals surface area contributed by atoms with Gasteiger partial charge in [-0.15, -0.1) is 0 Å². The molecule has 2 aromatic carbocycles.